The smallest absolute Gasteiger partial charge is 0.291 e. The molecule has 25 heavy (non-hydrogen) atoms. The summed E-state index contributed by atoms with van der Waals surface area (Å²) in [6.07, 6.45) is 0. The molecule has 2 aromatic carbocycles. The number of hydrogen-bond donors (Lipinski definition) is 1. The topological polar surface area (TPSA) is 55.1 Å². The summed E-state index contributed by atoms with van der Waals surface area (Å²) in [5, 5.41) is 3.45. The van der Waals surface area contributed by atoms with E-state index < -0.39 is 0 Å². The molecule has 124 valence electrons. The Kier molecular flexibility index (Phi) is 3.82. The average molecular weight is 352 g/mol. The van der Waals surface area contributed by atoms with Gasteiger partial charge in [0.25, 0.3) is 5.91 Å². The molecule has 0 atom stereocenters. The van der Waals surface area contributed by atoms with E-state index in [-0.39, 0.29) is 17.5 Å². The molecule has 4 nitrogen and oxygen atoms in total. The van der Waals surface area contributed by atoms with Crippen LogP contribution in [0.2, 0.25) is 0 Å². The van der Waals surface area contributed by atoms with Crippen molar-refractivity contribution < 1.29 is 13.6 Å². The maximum atomic E-state index is 13.1. The summed E-state index contributed by atoms with van der Waals surface area (Å²) in [6, 6.07) is 15.3. The number of hydrogen-bond acceptors (Lipinski definition) is 4. The molecule has 6 heteroatoms. The Labute approximate surface area is 146 Å². The number of anilines is 1. The third-order valence-corrected chi connectivity index (χ3v) is 4.82. The SMILES string of the molecule is Cc1cc(F)ccc1NC(=O)c1ccc(-c2nc3ccccc3s2)o1. The van der Waals surface area contributed by atoms with Crippen molar-refractivity contribution in [2.24, 2.45) is 0 Å². The summed E-state index contributed by atoms with van der Waals surface area (Å²) < 4.78 is 19.9. The van der Waals surface area contributed by atoms with E-state index >= 15 is 0 Å². The molecule has 0 saturated carbocycles. The van der Waals surface area contributed by atoms with Crippen molar-refractivity contribution in [3.05, 3.63) is 71.7 Å². The van der Waals surface area contributed by atoms with Gasteiger partial charge in [-0.25, -0.2) is 9.37 Å². The number of halogens is 1. The fraction of sp³-hybridized carbons (Fsp3) is 0.0526. The van der Waals surface area contributed by atoms with Crippen LogP contribution in [0.3, 0.4) is 0 Å². The number of nitrogens with one attached hydrogen (secondary N) is 1. The minimum Gasteiger partial charge on any atom is -0.448 e. The van der Waals surface area contributed by atoms with Crippen LogP contribution in [-0.2, 0) is 0 Å². The van der Waals surface area contributed by atoms with Crippen molar-refractivity contribution in [2.45, 2.75) is 6.92 Å². The van der Waals surface area contributed by atoms with Crippen molar-refractivity contribution in [1.29, 1.82) is 0 Å². The number of rotatable bonds is 3. The number of aryl methyl sites for hydroxylation is 1. The van der Waals surface area contributed by atoms with Gasteiger partial charge in [0.05, 0.1) is 10.2 Å². The molecule has 1 amide bonds. The molecule has 0 fully saturated rings. The van der Waals surface area contributed by atoms with Gasteiger partial charge < -0.3 is 9.73 Å². The molecular formula is C19H13FN2O2S. The van der Waals surface area contributed by atoms with Gasteiger partial charge >= 0.3 is 0 Å². The van der Waals surface area contributed by atoms with Crippen molar-refractivity contribution >= 4 is 33.1 Å². The number of furan rings is 1. The van der Waals surface area contributed by atoms with Gasteiger partial charge in [0.2, 0.25) is 0 Å². The maximum Gasteiger partial charge on any atom is 0.291 e. The van der Waals surface area contributed by atoms with Gasteiger partial charge in [-0.3, -0.25) is 4.79 Å². The zero-order valence-electron chi connectivity index (χ0n) is 13.2. The summed E-state index contributed by atoms with van der Waals surface area (Å²) in [5.41, 5.74) is 2.09. The summed E-state index contributed by atoms with van der Waals surface area (Å²) in [5.74, 6) is -0.00570. The van der Waals surface area contributed by atoms with Crippen molar-refractivity contribution in [1.82, 2.24) is 4.98 Å². The van der Waals surface area contributed by atoms with Crippen LogP contribution < -0.4 is 5.32 Å². The number of carbonyl (C=O) groups excluding carboxylic acids is 1. The summed E-state index contributed by atoms with van der Waals surface area (Å²) in [7, 11) is 0. The fourth-order valence-electron chi connectivity index (χ4n) is 2.50. The number of carbonyl (C=O) groups is 1. The monoisotopic (exact) mass is 352 g/mol. The Hall–Kier alpha value is -2.99. The second kappa shape index (κ2) is 6.14. The van der Waals surface area contributed by atoms with E-state index in [2.05, 4.69) is 10.3 Å². The molecule has 2 heterocycles. The summed E-state index contributed by atoms with van der Waals surface area (Å²) in [6.45, 7) is 1.73. The Morgan fingerprint density at radius 1 is 1.16 bits per heavy atom. The summed E-state index contributed by atoms with van der Waals surface area (Å²) in [4.78, 5) is 16.9. The van der Waals surface area contributed by atoms with E-state index in [9.17, 15) is 9.18 Å². The molecule has 0 aliphatic heterocycles. The van der Waals surface area contributed by atoms with Crippen LogP contribution in [0.25, 0.3) is 21.0 Å². The Bertz CT molecular complexity index is 1050. The van der Waals surface area contributed by atoms with Gasteiger partial charge in [-0.1, -0.05) is 12.1 Å². The molecule has 0 saturated heterocycles. The molecule has 4 rings (SSSR count). The largest absolute Gasteiger partial charge is 0.448 e. The zero-order valence-corrected chi connectivity index (χ0v) is 14.1. The van der Waals surface area contributed by atoms with Crippen LogP contribution in [0, 0.1) is 12.7 Å². The van der Waals surface area contributed by atoms with Crippen LogP contribution in [0.4, 0.5) is 10.1 Å². The first-order valence-electron chi connectivity index (χ1n) is 7.63. The highest BCUT2D eigenvalue weighted by Crippen LogP contribution is 2.31. The summed E-state index contributed by atoms with van der Waals surface area (Å²) >= 11 is 1.51. The standard InChI is InChI=1S/C19H13FN2O2S/c1-11-10-12(20)6-7-13(11)21-18(23)15-8-9-16(24-15)19-22-14-4-2-3-5-17(14)25-19/h2-10H,1H3,(H,21,23). The number of benzene rings is 2. The molecule has 4 aromatic rings. The molecule has 0 unspecified atom stereocenters. The highest BCUT2D eigenvalue weighted by atomic mass is 32.1. The number of amides is 1. The molecule has 0 bridgehead atoms. The zero-order chi connectivity index (χ0) is 17.4. The molecule has 0 aliphatic rings. The van der Waals surface area contributed by atoms with Gasteiger partial charge in [-0.2, -0.15) is 0 Å². The first-order valence-corrected chi connectivity index (χ1v) is 8.45. The van der Waals surface area contributed by atoms with E-state index in [1.54, 1.807) is 19.1 Å². The van der Waals surface area contributed by atoms with E-state index in [1.807, 2.05) is 24.3 Å². The predicted octanol–water partition coefficient (Wildman–Crippen LogP) is 5.26. The van der Waals surface area contributed by atoms with E-state index in [0.717, 1.165) is 15.2 Å². The van der Waals surface area contributed by atoms with Crippen molar-refractivity contribution in [3.63, 3.8) is 0 Å². The number of nitrogens with zero attached hydrogens (tertiary/aromatic N) is 1. The maximum absolute atomic E-state index is 13.1. The third-order valence-electron chi connectivity index (χ3n) is 3.77. The van der Waals surface area contributed by atoms with Gasteiger partial charge in [-0.05, 0) is 55.0 Å². The van der Waals surface area contributed by atoms with Gasteiger partial charge in [0, 0.05) is 5.69 Å². The molecule has 1 N–H and O–H groups in total. The van der Waals surface area contributed by atoms with E-state index in [4.69, 9.17) is 4.42 Å². The number of aromatic nitrogens is 1. The van der Waals surface area contributed by atoms with Crippen molar-refractivity contribution in [2.75, 3.05) is 5.32 Å². The molecule has 0 radical (unpaired) electrons. The highest BCUT2D eigenvalue weighted by molar-refractivity contribution is 7.21. The van der Waals surface area contributed by atoms with Gasteiger partial charge in [0.1, 0.15) is 5.82 Å². The van der Waals surface area contributed by atoms with Crippen LogP contribution in [-0.4, -0.2) is 10.9 Å². The normalized spacial score (nSPS) is 11.0. The van der Waals surface area contributed by atoms with Crippen LogP contribution in [0.15, 0.2) is 59.0 Å². The lowest BCUT2D eigenvalue weighted by Gasteiger charge is -2.06. The Morgan fingerprint density at radius 3 is 2.80 bits per heavy atom. The number of fused-ring (bicyclic) bond motifs is 1. The van der Waals surface area contributed by atoms with Crippen LogP contribution in [0.1, 0.15) is 16.1 Å². The lowest BCUT2D eigenvalue weighted by atomic mass is 10.2. The first-order chi connectivity index (χ1) is 12.1. The van der Waals surface area contributed by atoms with E-state index in [0.29, 0.717) is 17.0 Å². The van der Waals surface area contributed by atoms with E-state index in [1.165, 1.54) is 29.5 Å². The second-order valence-electron chi connectivity index (χ2n) is 5.56. The lowest BCUT2D eigenvalue weighted by Crippen LogP contribution is -2.11. The molecule has 0 aliphatic carbocycles. The molecular weight excluding hydrogens is 339 g/mol. The molecule has 2 aromatic heterocycles. The lowest BCUT2D eigenvalue weighted by molar-refractivity contribution is 0.0997. The second-order valence-corrected chi connectivity index (χ2v) is 6.59. The average Bonchev–Trinajstić information content (AvgIpc) is 3.23. The van der Waals surface area contributed by atoms with Gasteiger partial charge in [0.15, 0.2) is 16.5 Å². The van der Waals surface area contributed by atoms with Crippen molar-refractivity contribution in [3.8, 4) is 10.8 Å². The Balaban J connectivity index is 1.58. The minimum atomic E-state index is -0.387. The third kappa shape index (κ3) is 3.04. The van der Waals surface area contributed by atoms with Gasteiger partial charge in [-0.15, -0.1) is 11.3 Å². The van der Waals surface area contributed by atoms with Crippen LogP contribution >= 0.6 is 11.3 Å². The first kappa shape index (κ1) is 15.5. The number of para-hydroxylation sites is 1. The molecule has 0 spiro atoms. The quantitative estimate of drug-likeness (QED) is 0.547. The number of thiazole rings is 1. The van der Waals surface area contributed by atoms with Crippen LogP contribution in [0.5, 0.6) is 0 Å². The Morgan fingerprint density at radius 2 is 2.00 bits per heavy atom. The fourth-order valence-corrected chi connectivity index (χ4v) is 3.43. The highest BCUT2D eigenvalue weighted by Gasteiger charge is 2.15. The predicted molar refractivity (Wildman–Crippen MR) is 96.4 cm³/mol. The minimum absolute atomic E-state index is 0.179.